The third-order valence-corrected chi connectivity index (χ3v) is 7.93. The summed E-state index contributed by atoms with van der Waals surface area (Å²) in [4.78, 5) is 43.2. The Morgan fingerprint density at radius 3 is 2.33 bits per heavy atom. The lowest BCUT2D eigenvalue weighted by Gasteiger charge is -2.45. The molecule has 160 valence electrons. The van der Waals surface area contributed by atoms with Gasteiger partial charge < -0.3 is 9.80 Å². The molecule has 1 aromatic rings. The topological polar surface area (TPSA) is 57.7 Å². The maximum absolute atomic E-state index is 13.5. The molecule has 2 bridgehead atoms. The van der Waals surface area contributed by atoms with Gasteiger partial charge in [-0.3, -0.25) is 14.4 Å². The molecule has 0 aromatic heterocycles. The number of fused-ring (bicyclic) bond motifs is 4. The fourth-order valence-corrected chi connectivity index (χ4v) is 6.09. The van der Waals surface area contributed by atoms with Crippen molar-refractivity contribution in [2.45, 2.75) is 51.9 Å². The summed E-state index contributed by atoms with van der Waals surface area (Å²) in [6.07, 6.45) is 2.21. The molecular weight excluding hydrogens is 376 g/mol. The molecule has 0 radical (unpaired) electrons. The molecule has 3 aliphatic carbocycles. The number of benzene rings is 1. The maximum Gasteiger partial charge on any atom is 0.236 e. The number of nitrogens with zero attached hydrogens (tertiary/aromatic N) is 2. The van der Waals surface area contributed by atoms with Crippen molar-refractivity contribution in [3.8, 4) is 0 Å². The van der Waals surface area contributed by atoms with Crippen LogP contribution in [0.25, 0.3) is 0 Å². The lowest BCUT2D eigenvalue weighted by molar-refractivity contribution is -0.160. The Labute approximate surface area is 178 Å². The second kappa shape index (κ2) is 6.66. The molecule has 5 nitrogen and oxygen atoms in total. The summed E-state index contributed by atoms with van der Waals surface area (Å²) >= 11 is 0. The summed E-state index contributed by atoms with van der Waals surface area (Å²) in [6.45, 7) is 9.38. The average Bonchev–Trinajstić information content (AvgIpc) is 3.52. The minimum absolute atomic E-state index is 0.0448. The van der Waals surface area contributed by atoms with E-state index < -0.39 is 5.41 Å². The molecule has 5 rings (SSSR count). The molecule has 3 saturated carbocycles. The number of hydrogen-bond acceptors (Lipinski definition) is 4. The molecule has 4 atom stereocenters. The molecule has 1 amide bonds. The van der Waals surface area contributed by atoms with Gasteiger partial charge in [-0.15, -0.1) is 0 Å². The first kappa shape index (κ1) is 19.8. The predicted octanol–water partition coefficient (Wildman–Crippen LogP) is 3.21. The van der Waals surface area contributed by atoms with Crippen molar-refractivity contribution in [3.05, 3.63) is 29.8 Å². The molecule has 1 aliphatic heterocycles. The first-order chi connectivity index (χ1) is 14.2. The number of carbonyl (C=O) groups excluding carboxylic acids is 3. The molecule has 1 saturated heterocycles. The van der Waals surface area contributed by atoms with E-state index in [0.717, 1.165) is 19.5 Å². The van der Waals surface area contributed by atoms with Crippen LogP contribution in [0.5, 0.6) is 0 Å². The van der Waals surface area contributed by atoms with Crippen LogP contribution in [0, 0.1) is 23.2 Å². The van der Waals surface area contributed by atoms with E-state index in [2.05, 4.69) is 49.9 Å². The van der Waals surface area contributed by atoms with E-state index in [0.29, 0.717) is 31.8 Å². The highest BCUT2D eigenvalue weighted by Gasteiger charge is 2.66. The van der Waals surface area contributed by atoms with Gasteiger partial charge in [0.2, 0.25) is 5.91 Å². The SMILES string of the molecule is CC(C)(C)c1ccc(N2CCN(C(=O)C34CC(=O)CC(C3)C3CC3C4=O)CC2)cc1. The van der Waals surface area contributed by atoms with Crippen LogP contribution in [0.3, 0.4) is 0 Å². The molecule has 1 aromatic carbocycles. The van der Waals surface area contributed by atoms with Crippen LogP contribution in [0.4, 0.5) is 5.69 Å². The second-order valence-electron chi connectivity index (χ2n) is 10.9. The summed E-state index contributed by atoms with van der Waals surface area (Å²) in [6, 6.07) is 8.71. The first-order valence-electron chi connectivity index (χ1n) is 11.4. The van der Waals surface area contributed by atoms with Crippen molar-refractivity contribution in [2.75, 3.05) is 31.1 Å². The summed E-state index contributed by atoms with van der Waals surface area (Å²) in [7, 11) is 0. The molecule has 4 fully saturated rings. The van der Waals surface area contributed by atoms with Crippen LogP contribution in [0.15, 0.2) is 24.3 Å². The number of amides is 1. The van der Waals surface area contributed by atoms with Crippen molar-refractivity contribution in [1.29, 1.82) is 0 Å². The standard InChI is InChI=1S/C25H32N2O3/c1-24(2,3)17-4-6-18(7-5-17)26-8-10-27(11-9-26)23(30)25-14-16(12-19(28)15-25)20-13-21(20)22(25)29/h4-7,16,20-21H,8-15H2,1-3H3. The van der Waals surface area contributed by atoms with Gasteiger partial charge in [0.05, 0.1) is 0 Å². The Hall–Kier alpha value is -2.17. The van der Waals surface area contributed by atoms with Gasteiger partial charge in [0.1, 0.15) is 11.2 Å². The Balaban J connectivity index is 1.28. The molecule has 5 heteroatoms. The van der Waals surface area contributed by atoms with Gasteiger partial charge in [-0.1, -0.05) is 32.9 Å². The normalized spacial score (nSPS) is 33.4. The second-order valence-corrected chi connectivity index (χ2v) is 10.9. The smallest absolute Gasteiger partial charge is 0.236 e. The number of ketones is 2. The van der Waals surface area contributed by atoms with E-state index >= 15 is 0 Å². The first-order valence-corrected chi connectivity index (χ1v) is 11.4. The zero-order valence-electron chi connectivity index (χ0n) is 18.3. The summed E-state index contributed by atoms with van der Waals surface area (Å²) in [5, 5.41) is 0. The van der Waals surface area contributed by atoms with E-state index in [1.165, 1.54) is 11.3 Å². The molecule has 0 N–H and O–H groups in total. The number of piperazine rings is 1. The van der Waals surface area contributed by atoms with Crippen molar-refractivity contribution in [2.24, 2.45) is 23.2 Å². The third kappa shape index (κ3) is 3.09. The van der Waals surface area contributed by atoms with Crippen molar-refractivity contribution in [3.63, 3.8) is 0 Å². The fourth-order valence-electron chi connectivity index (χ4n) is 6.09. The van der Waals surface area contributed by atoms with Gasteiger partial charge in [-0.25, -0.2) is 0 Å². The van der Waals surface area contributed by atoms with Crippen LogP contribution >= 0.6 is 0 Å². The maximum atomic E-state index is 13.5. The molecule has 4 aliphatic rings. The van der Waals surface area contributed by atoms with E-state index in [9.17, 15) is 14.4 Å². The quantitative estimate of drug-likeness (QED) is 0.705. The van der Waals surface area contributed by atoms with E-state index in [-0.39, 0.29) is 41.1 Å². The van der Waals surface area contributed by atoms with Crippen LogP contribution in [-0.4, -0.2) is 48.6 Å². The number of Topliss-reactive ketones (excluding diaryl/α,β-unsaturated/α-hetero) is 2. The summed E-state index contributed by atoms with van der Waals surface area (Å²) in [5.41, 5.74) is 1.57. The largest absolute Gasteiger partial charge is 0.368 e. The summed E-state index contributed by atoms with van der Waals surface area (Å²) in [5.74, 6) is 0.774. The van der Waals surface area contributed by atoms with E-state index in [4.69, 9.17) is 0 Å². The molecule has 4 unspecified atom stereocenters. The average molecular weight is 409 g/mol. The highest BCUT2D eigenvalue weighted by Crippen LogP contribution is 2.61. The molecule has 30 heavy (non-hydrogen) atoms. The number of carbonyl (C=O) groups is 3. The minimum Gasteiger partial charge on any atom is -0.368 e. The number of anilines is 1. The van der Waals surface area contributed by atoms with E-state index in [1.807, 2.05) is 4.90 Å². The molecule has 0 spiro atoms. The van der Waals surface area contributed by atoms with Gasteiger partial charge in [-0.05, 0) is 47.8 Å². The van der Waals surface area contributed by atoms with Crippen LogP contribution in [-0.2, 0) is 19.8 Å². The van der Waals surface area contributed by atoms with Crippen molar-refractivity contribution < 1.29 is 14.4 Å². The van der Waals surface area contributed by atoms with Gasteiger partial charge >= 0.3 is 0 Å². The van der Waals surface area contributed by atoms with Gasteiger partial charge in [0, 0.05) is 50.6 Å². The minimum atomic E-state index is -1.05. The van der Waals surface area contributed by atoms with Gasteiger partial charge in [0.25, 0.3) is 0 Å². The van der Waals surface area contributed by atoms with Crippen LogP contribution in [0.2, 0.25) is 0 Å². The lowest BCUT2D eigenvalue weighted by atomic mass is 9.60. The third-order valence-electron chi connectivity index (χ3n) is 7.93. The predicted molar refractivity (Wildman–Crippen MR) is 115 cm³/mol. The van der Waals surface area contributed by atoms with Crippen LogP contribution in [0.1, 0.15) is 52.0 Å². The molecular formula is C25H32N2O3. The lowest BCUT2D eigenvalue weighted by Crippen LogP contribution is -2.59. The summed E-state index contributed by atoms with van der Waals surface area (Å²) < 4.78 is 0. The Bertz CT molecular complexity index is 892. The van der Waals surface area contributed by atoms with Crippen molar-refractivity contribution in [1.82, 2.24) is 4.90 Å². The number of hydrogen-bond donors (Lipinski definition) is 0. The van der Waals surface area contributed by atoms with Gasteiger partial charge in [-0.2, -0.15) is 0 Å². The Kier molecular flexibility index (Phi) is 4.39. The zero-order chi connectivity index (χ0) is 21.3. The highest BCUT2D eigenvalue weighted by atomic mass is 16.2. The van der Waals surface area contributed by atoms with Gasteiger partial charge in [0.15, 0.2) is 5.78 Å². The highest BCUT2D eigenvalue weighted by molar-refractivity contribution is 6.12. The Morgan fingerprint density at radius 1 is 1.03 bits per heavy atom. The van der Waals surface area contributed by atoms with Crippen LogP contribution < -0.4 is 4.90 Å². The zero-order valence-corrected chi connectivity index (χ0v) is 18.3. The Morgan fingerprint density at radius 2 is 1.70 bits per heavy atom. The van der Waals surface area contributed by atoms with Crippen molar-refractivity contribution >= 4 is 23.2 Å². The number of rotatable bonds is 2. The fraction of sp³-hybridized carbons (Fsp3) is 0.640. The van der Waals surface area contributed by atoms with E-state index in [1.54, 1.807) is 0 Å². The monoisotopic (exact) mass is 408 g/mol. The molecule has 1 heterocycles.